The number of allylic oxidation sites excluding steroid dienone is 4. The number of amides is 1. The highest BCUT2D eigenvalue weighted by Gasteiger charge is 2.24. The van der Waals surface area contributed by atoms with Gasteiger partial charge in [-0.05, 0) is 44.9 Å². The van der Waals surface area contributed by atoms with Crippen LogP contribution in [-0.2, 0) is 18.4 Å². The number of hydrogen-bond acceptors (Lipinski definition) is 6. The van der Waals surface area contributed by atoms with Crippen molar-refractivity contribution >= 4 is 13.7 Å². The molecule has 0 rings (SSSR count). The Morgan fingerprint density at radius 3 is 1.05 bits per heavy atom. The van der Waals surface area contributed by atoms with E-state index in [0.29, 0.717) is 23.9 Å². The maximum atomic E-state index is 13.1. The largest absolute Gasteiger partial charge is 0.756 e. The summed E-state index contributed by atoms with van der Waals surface area (Å²) in [5, 5.41) is 14.1. The molecule has 0 spiro atoms. The van der Waals surface area contributed by atoms with E-state index in [9.17, 15) is 19.4 Å². The molecule has 0 saturated heterocycles. The summed E-state index contributed by atoms with van der Waals surface area (Å²) < 4.78 is 23.5. The van der Waals surface area contributed by atoms with Gasteiger partial charge in [0.15, 0.2) is 0 Å². The normalized spacial score (nSPS) is 13.8. The number of aliphatic hydroxyl groups excluding tert-OH is 1. The van der Waals surface area contributed by atoms with E-state index in [0.717, 1.165) is 44.9 Å². The van der Waals surface area contributed by atoms with Crippen LogP contribution in [0.4, 0.5) is 0 Å². The number of phosphoric ester groups is 1. The average molecular weight is 1140 g/mol. The lowest BCUT2D eigenvalue weighted by molar-refractivity contribution is -0.870. The Balaban J connectivity index is 3.99. The Morgan fingerprint density at radius 2 is 0.734 bits per heavy atom. The van der Waals surface area contributed by atoms with Gasteiger partial charge < -0.3 is 28.8 Å². The fourth-order valence-corrected chi connectivity index (χ4v) is 11.7. The van der Waals surface area contributed by atoms with Crippen LogP contribution in [0.1, 0.15) is 367 Å². The van der Waals surface area contributed by atoms with Crippen LogP contribution in [0.3, 0.4) is 0 Å². The molecule has 79 heavy (non-hydrogen) atoms. The smallest absolute Gasteiger partial charge is 0.268 e. The molecule has 0 aromatic carbocycles. The number of nitrogens with zero attached hydrogens (tertiary/aromatic N) is 1. The molecule has 0 bridgehead atoms. The van der Waals surface area contributed by atoms with Gasteiger partial charge in [0.1, 0.15) is 13.2 Å². The summed E-state index contributed by atoms with van der Waals surface area (Å²) in [6, 6.07) is -0.800. The van der Waals surface area contributed by atoms with Crippen LogP contribution in [-0.4, -0.2) is 68.5 Å². The number of nitrogens with one attached hydrogen (secondary N) is 1. The van der Waals surface area contributed by atoms with Crippen LogP contribution in [0.2, 0.25) is 0 Å². The standard InChI is InChI=1S/C70H139N2O6P/c1-6-8-10-12-14-16-18-20-22-24-26-28-30-32-33-34-35-36-37-38-39-40-42-44-46-48-50-52-54-56-58-60-62-64-70(74)71-68(67-78-79(75,76)77-66-65-72(3,4)5)69(73)63-61-59-57-55-53-51-49-47-45-43-41-31-29-27-25-23-21-19-17-15-13-11-9-7-2/h26,28,32-33,68-69,73H,6-25,27,29-31,34-67H2,1-5H3,(H-,71,74,75,76)/b28-26-,33-32-. The molecule has 0 saturated carbocycles. The summed E-state index contributed by atoms with van der Waals surface area (Å²) >= 11 is 0. The molecule has 3 unspecified atom stereocenters. The molecular weight excluding hydrogens is 996 g/mol. The predicted octanol–water partition coefficient (Wildman–Crippen LogP) is 21.6. The molecule has 9 heteroatoms. The highest BCUT2D eigenvalue weighted by atomic mass is 31.2. The van der Waals surface area contributed by atoms with Crippen LogP contribution >= 0.6 is 7.82 Å². The highest BCUT2D eigenvalue weighted by molar-refractivity contribution is 7.45. The number of quaternary nitrogens is 1. The molecule has 0 aliphatic rings. The van der Waals surface area contributed by atoms with E-state index in [1.807, 2.05) is 21.1 Å². The number of phosphoric acid groups is 1. The van der Waals surface area contributed by atoms with Gasteiger partial charge >= 0.3 is 0 Å². The molecule has 0 aliphatic carbocycles. The Bertz CT molecular complexity index is 1340. The topological polar surface area (TPSA) is 108 Å². The van der Waals surface area contributed by atoms with Gasteiger partial charge in [0, 0.05) is 6.42 Å². The molecule has 470 valence electrons. The van der Waals surface area contributed by atoms with Crippen LogP contribution < -0.4 is 10.2 Å². The second-order valence-electron chi connectivity index (χ2n) is 25.6. The zero-order valence-electron chi connectivity index (χ0n) is 53.9. The van der Waals surface area contributed by atoms with Crippen molar-refractivity contribution in [2.24, 2.45) is 0 Å². The van der Waals surface area contributed by atoms with E-state index in [-0.39, 0.29) is 19.1 Å². The molecule has 0 aromatic heterocycles. The minimum atomic E-state index is -4.58. The van der Waals surface area contributed by atoms with Gasteiger partial charge in [-0.25, -0.2) is 0 Å². The van der Waals surface area contributed by atoms with Gasteiger partial charge in [0.05, 0.1) is 39.9 Å². The molecule has 0 aromatic rings. The van der Waals surface area contributed by atoms with E-state index in [4.69, 9.17) is 9.05 Å². The monoisotopic (exact) mass is 1140 g/mol. The summed E-state index contributed by atoms with van der Waals surface area (Å²) in [6.07, 6.45) is 79.7. The number of carbonyl (C=O) groups is 1. The minimum absolute atomic E-state index is 0.0147. The fourth-order valence-electron chi connectivity index (χ4n) is 11.0. The van der Waals surface area contributed by atoms with Crippen molar-refractivity contribution in [1.82, 2.24) is 5.32 Å². The molecule has 3 atom stereocenters. The predicted molar refractivity (Wildman–Crippen MR) is 344 cm³/mol. The number of rotatable bonds is 66. The van der Waals surface area contributed by atoms with E-state index >= 15 is 0 Å². The maximum Gasteiger partial charge on any atom is 0.268 e. The number of likely N-dealkylation sites (N-methyl/N-ethyl adjacent to an activating group) is 1. The second-order valence-corrected chi connectivity index (χ2v) is 27.0. The molecule has 0 radical (unpaired) electrons. The summed E-state index contributed by atoms with van der Waals surface area (Å²) in [7, 11) is 1.32. The first-order valence-electron chi connectivity index (χ1n) is 35.2. The molecular formula is C70H139N2O6P. The molecule has 1 amide bonds. The third-order valence-electron chi connectivity index (χ3n) is 16.4. The Hall–Kier alpha value is -1.02. The van der Waals surface area contributed by atoms with E-state index in [2.05, 4.69) is 43.5 Å². The number of hydrogen-bond donors (Lipinski definition) is 2. The zero-order chi connectivity index (χ0) is 57.7. The molecule has 0 aliphatic heterocycles. The van der Waals surface area contributed by atoms with Crippen molar-refractivity contribution in [3.63, 3.8) is 0 Å². The maximum absolute atomic E-state index is 13.1. The molecule has 8 nitrogen and oxygen atoms in total. The van der Waals surface area contributed by atoms with Gasteiger partial charge in [-0.1, -0.05) is 340 Å². The Kier molecular flexibility index (Phi) is 60.7. The van der Waals surface area contributed by atoms with Crippen LogP contribution in [0.15, 0.2) is 24.3 Å². The molecule has 0 heterocycles. The third-order valence-corrected chi connectivity index (χ3v) is 17.4. The third kappa shape index (κ3) is 64.4. The van der Waals surface area contributed by atoms with Crippen molar-refractivity contribution in [2.45, 2.75) is 379 Å². The van der Waals surface area contributed by atoms with E-state index in [1.54, 1.807) is 0 Å². The number of unbranched alkanes of at least 4 members (excludes halogenated alkanes) is 49. The van der Waals surface area contributed by atoms with E-state index in [1.165, 1.54) is 295 Å². The highest BCUT2D eigenvalue weighted by Crippen LogP contribution is 2.38. The number of aliphatic hydroxyl groups is 1. The summed E-state index contributed by atoms with van der Waals surface area (Å²) in [5.74, 6) is -0.157. The lowest BCUT2D eigenvalue weighted by Crippen LogP contribution is -2.46. The van der Waals surface area contributed by atoms with Gasteiger partial charge in [-0.2, -0.15) is 0 Å². The fraction of sp³-hybridized carbons (Fsp3) is 0.929. The van der Waals surface area contributed by atoms with Crippen molar-refractivity contribution in [2.75, 3.05) is 40.9 Å². The summed E-state index contributed by atoms with van der Waals surface area (Å²) in [4.78, 5) is 25.7. The number of carbonyl (C=O) groups excluding carboxylic acids is 1. The minimum Gasteiger partial charge on any atom is -0.756 e. The summed E-state index contributed by atoms with van der Waals surface area (Å²) in [5.41, 5.74) is 0. The quantitative estimate of drug-likeness (QED) is 0.0272. The Morgan fingerprint density at radius 1 is 0.443 bits per heavy atom. The molecule has 0 fully saturated rings. The average Bonchev–Trinajstić information content (AvgIpc) is 3.42. The Labute approximate surface area is 494 Å². The van der Waals surface area contributed by atoms with Crippen LogP contribution in [0.25, 0.3) is 0 Å². The zero-order valence-corrected chi connectivity index (χ0v) is 54.8. The van der Waals surface area contributed by atoms with E-state index < -0.39 is 20.0 Å². The van der Waals surface area contributed by atoms with Crippen molar-refractivity contribution in [3.8, 4) is 0 Å². The lowest BCUT2D eigenvalue weighted by Gasteiger charge is -2.30. The first kappa shape index (κ1) is 78.0. The summed E-state index contributed by atoms with van der Waals surface area (Å²) in [6.45, 7) is 4.78. The van der Waals surface area contributed by atoms with Gasteiger partial charge in [0.2, 0.25) is 5.91 Å². The first-order valence-corrected chi connectivity index (χ1v) is 36.6. The first-order chi connectivity index (χ1) is 38.5. The second kappa shape index (κ2) is 61.5. The SMILES string of the molecule is CCCCCCCCCCC/C=C\C/C=C\CCCCCCCCCCCCCCCCCCCC(=O)NC(COP(=O)([O-])OCC[N+](C)(C)C)C(O)CCCCCCCCCCCCCCCCCCCCCCCCCC. The van der Waals surface area contributed by atoms with Crippen molar-refractivity contribution < 1.29 is 32.9 Å². The van der Waals surface area contributed by atoms with Crippen molar-refractivity contribution in [1.29, 1.82) is 0 Å². The van der Waals surface area contributed by atoms with Gasteiger partial charge in [0.25, 0.3) is 7.82 Å². The lowest BCUT2D eigenvalue weighted by atomic mass is 10.0. The molecule has 2 N–H and O–H groups in total. The van der Waals surface area contributed by atoms with Gasteiger partial charge in [-0.3, -0.25) is 9.36 Å². The van der Waals surface area contributed by atoms with Crippen molar-refractivity contribution in [3.05, 3.63) is 24.3 Å². The van der Waals surface area contributed by atoms with Crippen LogP contribution in [0, 0.1) is 0 Å². The van der Waals surface area contributed by atoms with Gasteiger partial charge in [-0.15, -0.1) is 0 Å². The van der Waals surface area contributed by atoms with Crippen LogP contribution in [0.5, 0.6) is 0 Å².